The molecule has 162 valence electrons. The van der Waals surface area contributed by atoms with Crippen molar-refractivity contribution in [2.45, 2.75) is 63.1 Å². The molecule has 0 bridgehead atoms. The van der Waals surface area contributed by atoms with Gasteiger partial charge in [0, 0.05) is 24.6 Å². The zero-order valence-corrected chi connectivity index (χ0v) is 17.0. The third-order valence-corrected chi connectivity index (χ3v) is 6.21. The van der Waals surface area contributed by atoms with E-state index < -0.39 is 11.7 Å². The number of aromatic nitrogens is 4. The fourth-order valence-electron chi connectivity index (χ4n) is 4.66. The molecular formula is C23H23F3N4O. The number of alkyl halides is 3. The van der Waals surface area contributed by atoms with Gasteiger partial charge in [-0.1, -0.05) is 6.07 Å². The fourth-order valence-corrected chi connectivity index (χ4v) is 4.66. The lowest BCUT2D eigenvalue weighted by molar-refractivity contribution is -0.137. The summed E-state index contributed by atoms with van der Waals surface area (Å²) < 4.78 is 47.6. The van der Waals surface area contributed by atoms with Crippen LogP contribution in [0, 0.1) is 0 Å². The maximum atomic E-state index is 13.2. The predicted molar refractivity (Wildman–Crippen MR) is 108 cm³/mol. The fraction of sp³-hybridized carbons (Fsp3) is 0.435. The van der Waals surface area contributed by atoms with Crippen LogP contribution in [0.15, 0.2) is 42.6 Å². The molecule has 1 aliphatic heterocycles. The molecule has 2 aliphatic rings. The monoisotopic (exact) mass is 428 g/mol. The summed E-state index contributed by atoms with van der Waals surface area (Å²) in [4.78, 5) is 4.23. The highest BCUT2D eigenvalue weighted by atomic mass is 19.4. The van der Waals surface area contributed by atoms with Gasteiger partial charge in [0.1, 0.15) is 17.8 Å². The molecule has 5 nitrogen and oxygen atoms in total. The zero-order chi connectivity index (χ0) is 21.4. The minimum atomic E-state index is -4.34. The van der Waals surface area contributed by atoms with Crippen molar-refractivity contribution >= 4 is 0 Å². The van der Waals surface area contributed by atoms with Crippen LogP contribution >= 0.6 is 0 Å². The molecule has 0 spiro atoms. The normalized spacial score (nSPS) is 21.1. The molecule has 0 amide bonds. The molecule has 3 aromatic rings. The van der Waals surface area contributed by atoms with Crippen molar-refractivity contribution in [2.75, 3.05) is 0 Å². The molecule has 31 heavy (non-hydrogen) atoms. The van der Waals surface area contributed by atoms with Gasteiger partial charge in [0.15, 0.2) is 0 Å². The quantitative estimate of drug-likeness (QED) is 0.570. The highest BCUT2D eigenvalue weighted by Gasteiger charge is 2.33. The molecule has 1 aromatic carbocycles. The molecule has 5 rings (SSSR count). The zero-order valence-electron chi connectivity index (χ0n) is 17.0. The first kappa shape index (κ1) is 20.0. The first-order chi connectivity index (χ1) is 15.0. The van der Waals surface area contributed by atoms with E-state index in [2.05, 4.69) is 15.2 Å². The number of fused-ring (bicyclic) bond motifs is 3. The Kier molecular flexibility index (Phi) is 5.16. The number of rotatable bonds is 3. The Morgan fingerprint density at radius 2 is 1.81 bits per heavy atom. The second kappa shape index (κ2) is 7.98. The second-order valence-corrected chi connectivity index (χ2v) is 8.26. The standard InChI is InChI=1S/C23H23F3N4O/c24-23(25,26)17-9-12-19-16(14-17)4-3-5-20-28-29-22(30(19)20)15-7-10-18(11-8-15)31-21-6-1-2-13-27-21/h1-2,6,9,12-15,18H,3-5,7-8,10-11H2. The molecule has 0 atom stereocenters. The van der Waals surface area contributed by atoms with Gasteiger partial charge < -0.3 is 4.74 Å². The molecule has 1 saturated carbocycles. The number of hydrogen-bond donors (Lipinski definition) is 0. The lowest BCUT2D eigenvalue weighted by Crippen LogP contribution is -2.25. The summed E-state index contributed by atoms with van der Waals surface area (Å²) in [5.41, 5.74) is 0.894. The van der Waals surface area contributed by atoms with Crippen LogP contribution in [0.25, 0.3) is 5.69 Å². The average Bonchev–Trinajstić information content (AvgIpc) is 3.09. The highest BCUT2D eigenvalue weighted by Crippen LogP contribution is 2.38. The lowest BCUT2D eigenvalue weighted by Gasteiger charge is -2.28. The Morgan fingerprint density at radius 3 is 2.55 bits per heavy atom. The van der Waals surface area contributed by atoms with Crippen molar-refractivity contribution in [3.8, 4) is 11.6 Å². The molecule has 1 fully saturated rings. The molecule has 0 unspecified atom stereocenters. The number of aryl methyl sites for hydroxylation is 2. The molecule has 8 heteroatoms. The molecular weight excluding hydrogens is 405 g/mol. The largest absolute Gasteiger partial charge is 0.474 e. The second-order valence-electron chi connectivity index (χ2n) is 8.26. The molecule has 0 N–H and O–H groups in total. The number of benzene rings is 1. The van der Waals surface area contributed by atoms with E-state index in [1.54, 1.807) is 12.3 Å². The summed E-state index contributed by atoms with van der Waals surface area (Å²) >= 11 is 0. The van der Waals surface area contributed by atoms with Crippen LogP contribution < -0.4 is 4.74 Å². The minimum absolute atomic E-state index is 0.110. The number of halogens is 3. The predicted octanol–water partition coefficient (Wildman–Crippen LogP) is 5.28. The number of nitrogens with zero attached hydrogens (tertiary/aromatic N) is 4. The van der Waals surface area contributed by atoms with E-state index in [4.69, 9.17) is 4.74 Å². The van der Waals surface area contributed by atoms with Crippen molar-refractivity contribution in [3.05, 3.63) is 65.4 Å². The van der Waals surface area contributed by atoms with Crippen LogP contribution in [0.3, 0.4) is 0 Å². The summed E-state index contributed by atoms with van der Waals surface area (Å²) in [6, 6.07) is 9.64. The molecule has 3 heterocycles. The molecule has 0 saturated heterocycles. The smallest absolute Gasteiger partial charge is 0.416 e. The summed E-state index contributed by atoms with van der Waals surface area (Å²) in [6.07, 6.45) is 3.11. The maximum absolute atomic E-state index is 13.2. The van der Waals surface area contributed by atoms with Crippen LogP contribution in [0.1, 0.15) is 60.8 Å². The molecule has 0 radical (unpaired) electrons. The number of hydrogen-bond acceptors (Lipinski definition) is 4. The van der Waals surface area contributed by atoms with Gasteiger partial charge in [0.25, 0.3) is 0 Å². The Labute approximate surface area is 178 Å². The van der Waals surface area contributed by atoms with Crippen molar-refractivity contribution in [3.63, 3.8) is 0 Å². The third kappa shape index (κ3) is 4.03. The third-order valence-electron chi connectivity index (χ3n) is 6.21. The van der Waals surface area contributed by atoms with Crippen LogP contribution in [0.2, 0.25) is 0 Å². The van der Waals surface area contributed by atoms with Crippen molar-refractivity contribution in [1.29, 1.82) is 0 Å². The van der Waals surface area contributed by atoms with Crippen molar-refractivity contribution in [2.24, 2.45) is 0 Å². The van der Waals surface area contributed by atoms with E-state index in [0.29, 0.717) is 24.3 Å². The van der Waals surface area contributed by atoms with E-state index in [-0.39, 0.29) is 12.0 Å². The van der Waals surface area contributed by atoms with E-state index in [9.17, 15) is 13.2 Å². The van der Waals surface area contributed by atoms with Crippen LogP contribution in [0.4, 0.5) is 13.2 Å². The van der Waals surface area contributed by atoms with Crippen LogP contribution in [-0.2, 0) is 19.0 Å². The Hall–Kier alpha value is -2.90. The highest BCUT2D eigenvalue weighted by molar-refractivity contribution is 5.47. The van der Waals surface area contributed by atoms with E-state index in [0.717, 1.165) is 55.5 Å². The first-order valence-corrected chi connectivity index (χ1v) is 10.7. The van der Waals surface area contributed by atoms with Crippen molar-refractivity contribution in [1.82, 2.24) is 19.7 Å². The van der Waals surface area contributed by atoms with Crippen LogP contribution in [0.5, 0.6) is 5.88 Å². The van der Waals surface area contributed by atoms with E-state index >= 15 is 0 Å². The number of pyridine rings is 1. The first-order valence-electron chi connectivity index (χ1n) is 10.7. The Morgan fingerprint density at radius 1 is 0.968 bits per heavy atom. The maximum Gasteiger partial charge on any atom is 0.416 e. The minimum Gasteiger partial charge on any atom is -0.474 e. The summed E-state index contributed by atoms with van der Waals surface area (Å²) in [5, 5.41) is 8.88. The van der Waals surface area contributed by atoms with Gasteiger partial charge in [-0.25, -0.2) is 4.98 Å². The van der Waals surface area contributed by atoms with Gasteiger partial charge in [0.2, 0.25) is 5.88 Å². The van der Waals surface area contributed by atoms with Gasteiger partial charge in [0.05, 0.1) is 11.3 Å². The van der Waals surface area contributed by atoms with Crippen LogP contribution in [-0.4, -0.2) is 25.9 Å². The number of ether oxygens (including phenoxy) is 1. The van der Waals surface area contributed by atoms with Crippen molar-refractivity contribution < 1.29 is 17.9 Å². The van der Waals surface area contributed by atoms with Gasteiger partial charge in [-0.2, -0.15) is 13.2 Å². The summed E-state index contributed by atoms with van der Waals surface area (Å²) in [5.74, 6) is 2.53. The van der Waals surface area contributed by atoms with Gasteiger partial charge in [-0.05, 0) is 68.4 Å². The van der Waals surface area contributed by atoms with E-state index in [1.165, 1.54) is 6.07 Å². The average molecular weight is 428 g/mol. The Bertz CT molecular complexity index is 1060. The summed E-state index contributed by atoms with van der Waals surface area (Å²) in [7, 11) is 0. The van der Waals surface area contributed by atoms with Gasteiger partial charge in [-0.15, -0.1) is 10.2 Å². The lowest BCUT2D eigenvalue weighted by atomic mass is 9.86. The van der Waals surface area contributed by atoms with Gasteiger partial charge in [-0.3, -0.25) is 4.57 Å². The topological polar surface area (TPSA) is 52.8 Å². The SMILES string of the molecule is FC(F)(F)c1ccc2c(c1)CCCc1nnc(C3CCC(Oc4ccccn4)CC3)n1-2. The van der Waals surface area contributed by atoms with E-state index in [1.807, 2.05) is 22.8 Å². The Balaban J connectivity index is 1.38. The summed E-state index contributed by atoms with van der Waals surface area (Å²) in [6.45, 7) is 0. The molecule has 1 aliphatic carbocycles. The molecule has 2 aromatic heterocycles. The van der Waals surface area contributed by atoms with Gasteiger partial charge >= 0.3 is 6.18 Å².